The van der Waals surface area contributed by atoms with Crippen molar-refractivity contribution < 1.29 is 26.7 Å². The molecule has 0 saturated carbocycles. The molecule has 0 aliphatic rings. The summed E-state index contributed by atoms with van der Waals surface area (Å²) in [5, 5.41) is 0. The Labute approximate surface area is 178 Å². The quantitative estimate of drug-likeness (QED) is 0.274. The van der Waals surface area contributed by atoms with Gasteiger partial charge in [0.25, 0.3) is 0 Å². The second-order valence-electron chi connectivity index (χ2n) is 5.92. The first-order valence-electron chi connectivity index (χ1n) is 9.41. The van der Waals surface area contributed by atoms with Crippen LogP contribution in [-0.2, 0) is 4.74 Å². The Kier molecular flexibility index (Phi) is 9.94. The number of benzene rings is 3. The smallest absolute Gasteiger partial charge is 0.418 e. The Hall–Kier alpha value is -2.28. The van der Waals surface area contributed by atoms with Crippen LogP contribution in [-0.4, -0.2) is 41.0 Å². The molecule has 0 aromatic heterocycles. The van der Waals surface area contributed by atoms with Crippen molar-refractivity contribution in [3.63, 3.8) is 0 Å². The van der Waals surface area contributed by atoms with Crippen LogP contribution in [0.25, 0.3) is 0 Å². The Morgan fingerprint density at radius 1 is 0.700 bits per heavy atom. The standard InChI is InChI=1S/C22H23O2Se.BF4/c1-2-23-17-18-24-21-15-9-10-16-22(21)25(19-11-5-3-6-12-19)20-13-7-4-8-14-20;2-1(3,4)5/h3-16H,2,17-18H2,1H3;/q+1;-1. The van der Waals surface area contributed by atoms with E-state index in [9.17, 15) is 17.3 Å². The molecule has 0 N–H and O–H groups in total. The van der Waals surface area contributed by atoms with Crippen LogP contribution in [0.1, 0.15) is 6.92 Å². The maximum Gasteiger partial charge on any atom is 0.673 e. The molecule has 160 valence electrons. The molecule has 2 nitrogen and oxygen atoms in total. The zero-order chi connectivity index (χ0) is 21.8. The van der Waals surface area contributed by atoms with E-state index < -0.39 is 21.2 Å². The van der Waals surface area contributed by atoms with E-state index in [-0.39, 0.29) is 0 Å². The first-order chi connectivity index (χ1) is 14.4. The summed E-state index contributed by atoms with van der Waals surface area (Å²) in [6, 6.07) is 30.0. The fourth-order valence-corrected chi connectivity index (χ4v) is 7.17. The zero-order valence-electron chi connectivity index (χ0n) is 16.5. The molecule has 3 aromatic carbocycles. The summed E-state index contributed by atoms with van der Waals surface area (Å²) < 4.78 is 54.5. The number of rotatable bonds is 8. The molecule has 0 aliphatic heterocycles. The minimum atomic E-state index is -6.00. The number of hydrogen-bond acceptors (Lipinski definition) is 2. The van der Waals surface area contributed by atoms with Crippen LogP contribution in [0.3, 0.4) is 0 Å². The molecule has 0 radical (unpaired) electrons. The third-order valence-corrected chi connectivity index (χ3v) is 8.47. The fourth-order valence-electron chi connectivity index (χ4n) is 2.60. The van der Waals surface area contributed by atoms with Crippen molar-refractivity contribution >= 4 is 34.5 Å². The van der Waals surface area contributed by atoms with Crippen LogP contribution >= 0.6 is 0 Å². The average Bonchev–Trinajstić information content (AvgIpc) is 2.73. The summed E-state index contributed by atoms with van der Waals surface area (Å²) in [4.78, 5) is 0. The van der Waals surface area contributed by atoms with Gasteiger partial charge in [0.15, 0.2) is 0 Å². The van der Waals surface area contributed by atoms with Gasteiger partial charge >= 0.3 is 161 Å². The molecule has 0 fully saturated rings. The molecule has 0 saturated heterocycles. The monoisotopic (exact) mass is 486 g/mol. The molecule has 3 rings (SSSR count). The van der Waals surface area contributed by atoms with E-state index in [1.54, 1.807) is 0 Å². The van der Waals surface area contributed by atoms with Crippen LogP contribution in [0.2, 0.25) is 0 Å². The third-order valence-electron chi connectivity index (χ3n) is 3.72. The second-order valence-corrected chi connectivity index (χ2v) is 10.1. The van der Waals surface area contributed by atoms with Crippen LogP contribution < -0.4 is 18.1 Å². The Balaban J connectivity index is 0.000000575. The van der Waals surface area contributed by atoms with Crippen LogP contribution in [0.15, 0.2) is 84.9 Å². The largest absolute Gasteiger partial charge is 0.673 e. The van der Waals surface area contributed by atoms with Crippen molar-refractivity contribution in [3.8, 4) is 5.75 Å². The molecular formula is C22H23BF4O2Se. The van der Waals surface area contributed by atoms with Gasteiger partial charge in [-0.3, -0.25) is 0 Å². The van der Waals surface area contributed by atoms with Crippen LogP contribution in [0.4, 0.5) is 17.3 Å². The van der Waals surface area contributed by atoms with Gasteiger partial charge < -0.3 is 17.3 Å². The van der Waals surface area contributed by atoms with Gasteiger partial charge in [-0.1, -0.05) is 0 Å². The van der Waals surface area contributed by atoms with Crippen molar-refractivity contribution in [1.29, 1.82) is 0 Å². The van der Waals surface area contributed by atoms with Gasteiger partial charge in [-0.05, 0) is 0 Å². The summed E-state index contributed by atoms with van der Waals surface area (Å²) in [5.41, 5.74) is 0. The van der Waals surface area contributed by atoms with Crippen molar-refractivity contribution in [2.24, 2.45) is 0 Å². The zero-order valence-corrected chi connectivity index (χ0v) is 18.2. The molecular weight excluding hydrogens is 462 g/mol. The van der Waals surface area contributed by atoms with Gasteiger partial charge in [0.2, 0.25) is 0 Å². The van der Waals surface area contributed by atoms with E-state index >= 15 is 0 Å². The van der Waals surface area contributed by atoms with Crippen molar-refractivity contribution in [2.45, 2.75) is 6.92 Å². The number of ether oxygens (including phenoxy) is 2. The third kappa shape index (κ3) is 8.61. The van der Waals surface area contributed by atoms with Gasteiger partial charge in [0.1, 0.15) is 0 Å². The number of para-hydroxylation sites is 1. The van der Waals surface area contributed by atoms with Gasteiger partial charge in [-0.2, -0.15) is 0 Å². The van der Waals surface area contributed by atoms with Gasteiger partial charge in [-0.25, -0.2) is 0 Å². The Morgan fingerprint density at radius 2 is 1.17 bits per heavy atom. The molecule has 0 amide bonds. The first-order valence-corrected chi connectivity index (χ1v) is 12.0. The molecule has 0 atom stereocenters. The minimum Gasteiger partial charge on any atom is -0.418 e. The van der Waals surface area contributed by atoms with Crippen LogP contribution in [0.5, 0.6) is 5.75 Å². The van der Waals surface area contributed by atoms with Crippen molar-refractivity contribution in [1.82, 2.24) is 0 Å². The van der Waals surface area contributed by atoms with E-state index in [2.05, 4.69) is 78.9 Å². The average molecular weight is 485 g/mol. The van der Waals surface area contributed by atoms with Gasteiger partial charge in [-0.15, -0.1) is 0 Å². The predicted octanol–water partition coefficient (Wildman–Crippen LogP) is 3.92. The topological polar surface area (TPSA) is 18.5 Å². The molecule has 0 heterocycles. The normalized spacial score (nSPS) is 11.0. The predicted molar refractivity (Wildman–Crippen MR) is 116 cm³/mol. The summed E-state index contributed by atoms with van der Waals surface area (Å²) in [7, 11) is -6.00. The second kappa shape index (κ2) is 12.4. The van der Waals surface area contributed by atoms with E-state index in [0.29, 0.717) is 13.2 Å². The number of halogens is 4. The number of hydrogen-bond donors (Lipinski definition) is 0. The fraction of sp³-hybridized carbons (Fsp3) is 0.182. The van der Waals surface area contributed by atoms with Crippen molar-refractivity contribution in [2.75, 3.05) is 19.8 Å². The summed E-state index contributed by atoms with van der Waals surface area (Å²) in [6.45, 7) is 3.91. The summed E-state index contributed by atoms with van der Waals surface area (Å²) >= 11 is -1.40. The molecule has 3 aromatic rings. The molecule has 8 heteroatoms. The maximum absolute atomic E-state index is 9.75. The summed E-state index contributed by atoms with van der Waals surface area (Å²) in [5.74, 6) is 0.972. The van der Waals surface area contributed by atoms with E-state index in [0.717, 1.165) is 12.4 Å². The molecule has 0 aliphatic carbocycles. The molecule has 30 heavy (non-hydrogen) atoms. The van der Waals surface area contributed by atoms with Gasteiger partial charge in [0, 0.05) is 0 Å². The van der Waals surface area contributed by atoms with E-state index in [1.165, 1.54) is 13.4 Å². The summed E-state index contributed by atoms with van der Waals surface area (Å²) in [6.07, 6.45) is 0. The SMILES string of the molecule is CCOCCOc1ccccc1[Se+](c1ccccc1)c1ccccc1.F[B-](F)(F)F. The van der Waals surface area contributed by atoms with Crippen molar-refractivity contribution in [3.05, 3.63) is 84.9 Å². The molecule has 0 spiro atoms. The van der Waals surface area contributed by atoms with Gasteiger partial charge in [0.05, 0.1) is 0 Å². The minimum absolute atomic E-state index is 0.577. The van der Waals surface area contributed by atoms with E-state index in [1.807, 2.05) is 13.0 Å². The maximum atomic E-state index is 9.75. The van der Waals surface area contributed by atoms with Crippen LogP contribution in [0, 0.1) is 0 Å². The first kappa shape index (κ1) is 24.0. The Morgan fingerprint density at radius 3 is 1.67 bits per heavy atom. The Bertz CT molecular complexity index is 818. The molecule has 0 bridgehead atoms. The van der Waals surface area contributed by atoms with E-state index in [4.69, 9.17) is 9.47 Å². The molecule has 0 unspecified atom stereocenters.